The molecule has 0 spiro atoms. The third kappa shape index (κ3) is 2.68. The van der Waals surface area contributed by atoms with Crippen LogP contribution in [-0.4, -0.2) is 19.7 Å². The summed E-state index contributed by atoms with van der Waals surface area (Å²) < 4.78 is 1.80. The fraction of sp³-hybridized carbons (Fsp3) is 0.200. The Labute approximate surface area is 106 Å². The van der Waals surface area contributed by atoms with Crippen molar-refractivity contribution >= 4 is 21.9 Å². The predicted molar refractivity (Wildman–Crippen MR) is 64.7 cm³/mol. The maximum atomic E-state index is 10.5. The van der Waals surface area contributed by atoms with Gasteiger partial charge < -0.3 is 10.1 Å². The molecule has 0 bridgehead atoms. The lowest BCUT2D eigenvalue weighted by Gasteiger charge is -1.99. The molecule has 17 heavy (non-hydrogen) atoms. The van der Waals surface area contributed by atoms with E-state index in [0.29, 0.717) is 11.3 Å². The minimum atomic E-state index is -0.615. The van der Waals surface area contributed by atoms with Gasteiger partial charge in [0.2, 0.25) is 0 Å². The lowest BCUT2D eigenvalue weighted by Crippen LogP contribution is -2.02. The molecule has 0 aliphatic carbocycles. The summed E-state index contributed by atoms with van der Waals surface area (Å²) in [6.07, 6.45) is 0. The molecule has 0 saturated heterocycles. The zero-order valence-electron chi connectivity index (χ0n) is 9.00. The van der Waals surface area contributed by atoms with E-state index in [1.165, 1.54) is 4.68 Å². The molecule has 2 aromatic rings. The van der Waals surface area contributed by atoms with Crippen molar-refractivity contribution in [2.24, 2.45) is 0 Å². The molecule has 2 rings (SSSR count). The molecule has 7 heteroatoms. The van der Waals surface area contributed by atoms with Crippen LogP contribution in [0.15, 0.2) is 29.0 Å². The van der Waals surface area contributed by atoms with Gasteiger partial charge in [0.15, 0.2) is 0 Å². The van der Waals surface area contributed by atoms with Crippen LogP contribution in [0.2, 0.25) is 0 Å². The first-order valence-electron chi connectivity index (χ1n) is 4.86. The minimum absolute atomic E-state index is 0.352. The lowest BCUT2D eigenvalue weighted by atomic mass is 10.1. The van der Waals surface area contributed by atoms with Gasteiger partial charge in [0.1, 0.15) is 0 Å². The van der Waals surface area contributed by atoms with E-state index in [9.17, 15) is 10.1 Å². The molecular weight excluding hydrogens is 288 g/mol. The Balaban J connectivity index is 2.24. The van der Waals surface area contributed by atoms with Crippen LogP contribution in [0.25, 0.3) is 0 Å². The van der Waals surface area contributed by atoms with E-state index in [0.717, 1.165) is 11.1 Å². The summed E-state index contributed by atoms with van der Waals surface area (Å²) in [7, 11) is 0. The van der Waals surface area contributed by atoms with E-state index in [2.05, 4.69) is 26.0 Å². The Morgan fingerprint density at radius 3 is 2.59 bits per heavy atom. The molecule has 0 saturated carbocycles. The molecule has 0 unspecified atom stereocenters. The summed E-state index contributed by atoms with van der Waals surface area (Å²) in [6.45, 7) is 2.45. The second-order valence-corrected chi connectivity index (χ2v) is 4.29. The number of hydrogen-bond donors (Lipinski definition) is 0. The first kappa shape index (κ1) is 11.7. The standard InChI is InChI=1S/C10H9BrN4O2/c1-7-2-4-8(5-3-7)6-14-9(11)12-10(13-14)15(16)17/h2-5H,6H2,1H3. The molecule has 1 aromatic carbocycles. The van der Waals surface area contributed by atoms with E-state index in [1.807, 2.05) is 31.2 Å². The molecule has 0 radical (unpaired) electrons. The third-order valence-electron chi connectivity index (χ3n) is 2.23. The average molecular weight is 297 g/mol. The maximum absolute atomic E-state index is 10.5. The van der Waals surface area contributed by atoms with Gasteiger partial charge >= 0.3 is 5.95 Å². The molecule has 0 amide bonds. The van der Waals surface area contributed by atoms with E-state index >= 15 is 0 Å². The van der Waals surface area contributed by atoms with Crippen molar-refractivity contribution in [1.29, 1.82) is 0 Å². The van der Waals surface area contributed by atoms with Crippen LogP contribution in [0.4, 0.5) is 5.95 Å². The Bertz CT molecular complexity index is 550. The second-order valence-electron chi connectivity index (χ2n) is 3.58. The van der Waals surface area contributed by atoms with Crippen molar-refractivity contribution in [3.8, 4) is 0 Å². The highest BCUT2D eigenvalue weighted by Crippen LogP contribution is 2.14. The van der Waals surface area contributed by atoms with Gasteiger partial charge in [0, 0.05) is 21.0 Å². The summed E-state index contributed by atoms with van der Waals surface area (Å²) in [5, 5.41) is 14.3. The van der Waals surface area contributed by atoms with Gasteiger partial charge in [-0.15, -0.1) is 0 Å². The number of benzene rings is 1. The van der Waals surface area contributed by atoms with E-state index in [-0.39, 0.29) is 0 Å². The first-order valence-corrected chi connectivity index (χ1v) is 5.66. The average Bonchev–Trinajstić information content (AvgIpc) is 2.64. The predicted octanol–water partition coefficient (Wildman–Crippen LogP) is 2.31. The monoisotopic (exact) mass is 296 g/mol. The number of nitro groups is 1. The van der Waals surface area contributed by atoms with Crippen molar-refractivity contribution < 1.29 is 4.92 Å². The molecular formula is C10H9BrN4O2. The van der Waals surface area contributed by atoms with Gasteiger partial charge in [-0.3, -0.25) is 0 Å². The highest BCUT2D eigenvalue weighted by atomic mass is 79.9. The largest absolute Gasteiger partial charge is 0.492 e. The number of nitrogens with zero attached hydrogens (tertiary/aromatic N) is 4. The molecule has 6 nitrogen and oxygen atoms in total. The van der Waals surface area contributed by atoms with Crippen LogP contribution >= 0.6 is 15.9 Å². The van der Waals surface area contributed by atoms with Gasteiger partial charge in [0.05, 0.1) is 6.54 Å². The zero-order valence-corrected chi connectivity index (χ0v) is 10.6. The third-order valence-corrected chi connectivity index (χ3v) is 2.82. The number of rotatable bonds is 3. The van der Waals surface area contributed by atoms with E-state index < -0.39 is 10.9 Å². The van der Waals surface area contributed by atoms with Crippen molar-refractivity contribution in [3.63, 3.8) is 0 Å². The van der Waals surface area contributed by atoms with Crippen LogP contribution in [0, 0.1) is 17.0 Å². The topological polar surface area (TPSA) is 73.8 Å². The Morgan fingerprint density at radius 1 is 1.41 bits per heavy atom. The first-order chi connectivity index (χ1) is 8.06. The van der Waals surface area contributed by atoms with Crippen LogP contribution in [-0.2, 0) is 6.54 Å². The fourth-order valence-electron chi connectivity index (χ4n) is 1.36. The Kier molecular flexibility index (Phi) is 3.19. The fourth-order valence-corrected chi connectivity index (χ4v) is 1.72. The number of hydrogen-bond acceptors (Lipinski definition) is 4. The van der Waals surface area contributed by atoms with Gasteiger partial charge in [-0.05, 0) is 22.4 Å². The molecule has 88 valence electrons. The number of halogens is 1. The van der Waals surface area contributed by atoms with Crippen LogP contribution in [0.1, 0.15) is 11.1 Å². The highest BCUT2D eigenvalue weighted by Gasteiger charge is 2.19. The zero-order chi connectivity index (χ0) is 12.4. The smallest absolute Gasteiger partial charge is 0.390 e. The maximum Gasteiger partial charge on any atom is 0.492 e. The molecule has 1 aromatic heterocycles. The van der Waals surface area contributed by atoms with E-state index in [4.69, 9.17) is 0 Å². The van der Waals surface area contributed by atoms with Crippen molar-refractivity contribution in [2.45, 2.75) is 13.5 Å². The highest BCUT2D eigenvalue weighted by molar-refractivity contribution is 9.10. The summed E-state index contributed by atoms with van der Waals surface area (Å²) >= 11 is 3.14. The Hall–Kier alpha value is -1.76. The van der Waals surface area contributed by atoms with Crippen LogP contribution in [0.5, 0.6) is 0 Å². The van der Waals surface area contributed by atoms with Gasteiger partial charge in [-0.2, -0.15) is 4.68 Å². The quantitative estimate of drug-likeness (QED) is 0.643. The Morgan fingerprint density at radius 2 is 2.06 bits per heavy atom. The summed E-state index contributed by atoms with van der Waals surface area (Å²) in [6, 6.07) is 7.87. The summed E-state index contributed by atoms with van der Waals surface area (Å²) in [4.78, 5) is 13.6. The van der Waals surface area contributed by atoms with Gasteiger partial charge in [-0.1, -0.05) is 29.8 Å². The molecule has 0 aliphatic rings. The van der Waals surface area contributed by atoms with Crippen LogP contribution < -0.4 is 0 Å². The molecule has 0 aliphatic heterocycles. The molecule has 0 fully saturated rings. The summed E-state index contributed by atoms with van der Waals surface area (Å²) in [5.41, 5.74) is 2.17. The van der Waals surface area contributed by atoms with Crippen molar-refractivity contribution in [1.82, 2.24) is 14.8 Å². The van der Waals surface area contributed by atoms with Gasteiger partial charge in [0.25, 0.3) is 4.73 Å². The SMILES string of the molecule is Cc1ccc(Cn2nc([N+](=O)[O-])nc2Br)cc1. The lowest BCUT2D eigenvalue weighted by molar-refractivity contribution is -0.394. The normalized spacial score (nSPS) is 10.5. The molecule has 0 N–H and O–H groups in total. The second kappa shape index (κ2) is 4.62. The molecule has 0 atom stereocenters. The number of aromatic nitrogens is 3. The van der Waals surface area contributed by atoms with Gasteiger partial charge in [-0.25, -0.2) is 0 Å². The van der Waals surface area contributed by atoms with Crippen molar-refractivity contribution in [2.75, 3.05) is 0 Å². The van der Waals surface area contributed by atoms with Crippen molar-refractivity contribution in [3.05, 3.63) is 50.2 Å². The summed E-state index contributed by atoms with van der Waals surface area (Å²) in [5.74, 6) is -0.399. The number of aryl methyl sites for hydroxylation is 1. The van der Waals surface area contributed by atoms with E-state index in [1.54, 1.807) is 0 Å². The minimum Gasteiger partial charge on any atom is -0.390 e. The molecule has 1 heterocycles. The van der Waals surface area contributed by atoms with Crippen LogP contribution in [0.3, 0.4) is 0 Å².